The number of amides is 2. The lowest BCUT2D eigenvalue weighted by atomic mass is 10.1. The lowest BCUT2D eigenvalue weighted by Gasteiger charge is -2.11. The zero-order valence-corrected chi connectivity index (χ0v) is 13.8. The van der Waals surface area contributed by atoms with Crippen LogP contribution >= 0.6 is 0 Å². The molecule has 0 saturated carbocycles. The first-order chi connectivity index (χ1) is 12.2. The normalized spacial score (nSPS) is 11.1. The van der Waals surface area contributed by atoms with Crippen LogP contribution in [0.1, 0.15) is 21.5 Å². The van der Waals surface area contributed by atoms with Crippen molar-refractivity contribution in [3.8, 4) is 0 Å². The third kappa shape index (κ3) is 4.95. The minimum atomic E-state index is -4.60. The van der Waals surface area contributed by atoms with Crippen molar-refractivity contribution < 1.29 is 22.8 Å². The van der Waals surface area contributed by atoms with Gasteiger partial charge in [-0.1, -0.05) is 12.1 Å². The summed E-state index contributed by atoms with van der Waals surface area (Å²) in [4.78, 5) is 35.0. The van der Waals surface area contributed by atoms with Gasteiger partial charge in [-0.05, 0) is 23.8 Å². The Hall–Kier alpha value is -3.10. The molecule has 0 saturated heterocycles. The van der Waals surface area contributed by atoms with E-state index in [-0.39, 0.29) is 12.5 Å². The summed E-state index contributed by atoms with van der Waals surface area (Å²) in [5, 5.41) is 4.99. The van der Waals surface area contributed by atoms with E-state index in [1.54, 1.807) is 24.3 Å². The Kier molecular flexibility index (Phi) is 5.81. The van der Waals surface area contributed by atoms with E-state index >= 15 is 0 Å². The molecular formula is C17H16F3N3O3. The number of benzene rings is 1. The molecule has 1 aromatic heterocycles. The van der Waals surface area contributed by atoms with Gasteiger partial charge in [0, 0.05) is 31.4 Å². The summed E-state index contributed by atoms with van der Waals surface area (Å²) in [6, 6.07) is 7.89. The predicted molar refractivity (Wildman–Crippen MR) is 87.4 cm³/mol. The molecule has 2 rings (SSSR count). The van der Waals surface area contributed by atoms with Crippen molar-refractivity contribution in [1.29, 1.82) is 0 Å². The maximum atomic E-state index is 12.7. The molecule has 138 valence electrons. The number of hydrogen-bond donors (Lipinski definition) is 2. The lowest BCUT2D eigenvalue weighted by Crippen LogP contribution is -2.32. The molecule has 0 unspecified atom stereocenters. The summed E-state index contributed by atoms with van der Waals surface area (Å²) >= 11 is 0. The second-order valence-corrected chi connectivity index (χ2v) is 5.43. The van der Waals surface area contributed by atoms with Crippen molar-refractivity contribution in [3.05, 3.63) is 69.6 Å². The van der Waals surface area contributed by atoms with Crippen LogP contribution in [0.15, 0.2) is 47.4 Å². The van der Waals surface area contributed by atoms with Gasteiger partial charge in [0.25, 0.3) is 11.5 Å². The highest BCUT2D eigenvalue weighted by atomic mass is 19.4. The van der Waals surface area contributed by atoms with Gasteiger partial charge in [0.05, 0.1) is 5.56 Å². The number of carbonyl (C=O) groups excluding carboxylic acids is 2. The van der Waals surface area contributed by atoms with E-state index in [1.807, 2.05) is 0 Å². The Balaban J connectivity index is 1.99. The van der Waals surface area contributed by atoms with E-state index in [9.17, 15) is 27.6 Å². The van der Waals surface area contributed by atoms with Crippen LogP contribution in [0.5, 0.6) is 0 Å². The summed E-state index contributed by atoms with van der Waals surface area (Å²) in [5.41, 5.74) is -0.557. The first-order valence-electron chi connectivity index (χ1n) is 7.56. The summed E-state index contributed by atoms with van der Waals surface area (Å²) in [5.74, 6) is -0.855. The maximum absolute atomic E-state index is 12.7. The minimum Gasteiger partial charge on any atom is -0.355 e. The van der Waals surface area contributed by atoms with Gasteiger partial charge in [0.2, 0.25) is 5.91 Å². The van der Waals surface area contributed by atoms with Gasteiger partial charge in [0.1, 0.15) is 6.54 Å². The molecule has 0 spiro atoms. The number of aromatic nitrogens is 1. The molecule has 2 aromatic rings. The molecule has 0 fully saturated rings. The predicted octanol–water partition coefficient (Wildman–Crippen LogP) is 1.54. The average molecular weight is 367 g/mol. The monoisotopic (exact) mass is 367 g/mol. The van der Waals surface area contributed by atoms with Crippen molar-refractivity contribution in [1.82, 2.24) is 15.2 Å². The van der Waals surface area contributed by atoms with Crippen molar-refractivity contribution >= 4 is 11.8 Å². The molecule has 0 aliphatic carbocycles. The molecule has 2 amide bonds. The van der Waals surface area contributed by atoms with E-state index < -0.39 is 29.8 Å². The van der Waals surface area contributed by atoms with Crippen LogP contribution in [0.3, 0.4) is 0 Å². The molecule has 2 N–H and O–H groups in total. The molecule has 6 nitrogen and oxygen atoms in total. The molecule has 0 aliphatic heterocycles. The van der Waals surface area contributed by atoms with Crippen LogP contribution in [0.2, 0.25) is 0 Å². The highest BCUT2D eigenvalue weighted by molar-refractivity contribution is 5.93. The fraction of sp³-hybridized carbons (Fsp3) is 0.235. The SMILES string of the molecule is CNC(=O)c1ccc(CNC(=O)Cn2cc(C(F)(F)F)ccc2=O)cc1. The summed E-state index contributed by atoms with van der Waals surface area (Å²) in [6.07, 6.45) is -3.99. The van der Waals surface area contributed by atoms with Crippen LogP contribution in [0.25, 0.3) is 0 Å². The molecule has 1 aromatic carbocycles. The van der Waals surface area contributed by atoms with E-state index in [1.165, 1.54) is 7.05 Å². The third-order valence-electron chi connectivity index (χ3n) is 3.56. The molecule has 0 aliphatic rings. The largest absolute Gasteiger partial charge is 0.417 e. The fourth-order valence-corrected chi connectivity index (χ4v) is 2.15. The third-order valence-corrected chi connectivity index (χ3v) is 3.56. The van der Waals surface area contributed by atoms with Crippen molar-refractivity contribution in [3.63, 3.8) is 0 Å². The quantitative estimate of drug-likeness (QED) is 0.841. The number of nitrogens with one attached hydrogen (secondary N) is 2. The van der Waals surface area contributed by atoms with Gasteiger partial charge in [0.15, 0.2) is 0 Å². The zero-order chi connectivity index (χ0) is 19.3. The lowest BCUT2D eigenvalue weighted by molar-refractivity contribution is -0.138. The molecule has 9 heteroatoms. The number of alkyl halides is 3. The first kappa shape index (κ1) is 19.2. The number of hydrogen-bond acceptors (Lipinski definition) is 3. The van der Waals surface area contributed by atoms with Crippen molar-refractivity contribution in [2.45, 2.75) is 19.3 Å². The Morgan fingerprint density at radius 2 is 1.73 bits per heavy atom. The van der Waals surface area contributed by atoms with Crippen molar-refractivity contribution in [2.75, 3.05) is 7.05 Å². The molecule has 26 heavy (non-hydrogen) atoms. The topological polar surface area (TPSA) is 80.2 Å². The van der Waals surface area contributed by atoms with E-state index in [0.717, 1.165) is 6.07 Å². The van der Waals surface area contributed by atoms with Gasteiger partial charge < -0.3 is 15.2 Å². The minimum absolute atomic E-state index is 0.112. The zero-order valence-electron chi connectivity index (χ0n) is 13.8. The fourth-order valence-electron chi connectivity index (χ4n) is 2.15. The number of halogens is 3. The summed E-state index contributed by atoms with van der Waals surface area (Å²) in [6.45, 7) is -0.417. The molecule has 1 heterocycles. The van der Waals surface area contributed by atoms with E-state index in [4.69, 9.17) is 0 Å². The van der Waals surface area contributed by atoms with Crippen LogP contribution < -0.4 is 16.2 Å². The summed E-state index contributed by atoms with van der Waals surface area (Å²) in [7, 11) is 1.51. The molecular weight excluding hydrogens is 351 g/mol. The summed E-state index contributed by atoms with van der Waals surface area (Å²) < 4.78 is 38.7. The van der Waals surface area contributed by atoms with Crippen LogP contribution in [-0.2, 0) is 24.1 Å². The van der Waals surface area contributed by atoms with Crippen molar-refractivity contribution in [2.24, 2.45) is 0 Å². The number of pyridine rings is 1. The second-order valence-electron chi connectivity index (χ2n) is 5.43. The Labute approximate surface area is 146 Å². The Morgan fingerprint density at radius 3 is 2.31 bits per heavy atom. The molecule has 0 radical (unpaired) electrons. The van der Waals surface area contributed by atoms with Crippen LogP contribution in [0.4, 0.5) is 13.2 Å². The number of carbonyl (C=O) groups is 2. The number of nitrogens with zero attached hydrogens (tertiary/aromatic N) is 1. The van der Waals surface area contributed by atoms with Gasteiger partial charge in [-0.3, -0.25) is 14.4 Å². The van der Waals surface area contributed by atoms with Crippen LogP contribution in [-0.4, -0.2) is 23.4 Å². The molecule has 0 atom stereocenters. The Bertz CT molecular complexity index is 858. The van der Waals surface area contributed by atoms with Crippen LogP contribution in [0, 0.1) is 0 Å². The van der Waals surface area contributed by atoms with Gasteiger partial charge in [-0.15, -0.1) is 0 Å². The standard InChI is InChI=1S/C17H16F3N3O3/c1-21-16(26)12-4-2-11(3-5-12)8-22-14(24)10-23-9-13(17(18,19)20)6-7-15(23)25/h2-7,9H,8,10H2,1H3,(H,21,26)(H,22,24). The van der Waals surface area contributed by atoms with Gasteiger partial charge >= 0.3 is 6.18 Å². The van der Waals surface area contributed by atoms with Gasteiger partial charge in [-0.2, -0.15) is 13.2 Å². The van der Waals surface area contributed by atoms with E-state index in [2.05, 4.69) is 10.6 Å². The maximum Gasteiger partial charge on any atom is 0.417 e. The molecule has 0 bridgehead atoms. The Morgan fingerprint density at radius 1 is 1.08 bits per heavy atom. The number of rotatable bonds is 5. The second kappa shape index (κ2) is 7.85. The highest BCUT2D eigenvalue weighted by Crippen LogP contribution is 2.27. The first-order valence-corrected chi connectivity index (χ1v) is 7.56. The van der Waals surface area contributed by atoms with E-state index in [0.29, 0.717) is 28.0 Å². The van der Waals surface area contributed by atoms with Gasteiger partial charge in [-0.25, -0.2) is 0 Å². The average Bonchev–Trinajstić information content (AvgIpc) is 2.60. The highest BCUT2D eigenvalue weighted by Gasteiger charge is 2.31. The smallest absolute Gasteiger partial charge is 0.355 e.